The number of carbonyl (C=O) groups is 1. The number of nitrogens with one attached hydrogen (secondary N) is 2. The summed E-state index contributed by atoms with van der Waals surface area (Å²) in [6, 6.07) is 15.3. The van der Waals surface area contributed by atoms with Crippen LogP contribution in [0.4, 0.5) is 5.82 Å². The Labute approximate surface area is 214 Å². The molecule has 0 fully saturated rings. The number of anilines is 1. The van der Waals surface area contributed by atoms with Gasteiger partial charge in [-0.15, -0.1) is 0 Å². The number of benzene rings is 2. The molecule has 1 aromatic heterocycles. The normalized spacial score (nSPS) is 14.8. The zero-order valence-electron chi connectivity index (χ0n) is 20.9. The van der Waals surface area contributed by atoms with Gasteiger partial charge in [-0.1, -0.05) is 48.2 Å². The lowest BCUT2D eigenvalue weighted by atomic mass is 9.82. The summed E-state index contributed by atoms with van der Waals surface area (Å²) < 4.78 is 16.4. The number of H-pyrrole nitrogens is 1. The zero-order chi connectivity index (χ0) is 25.8. The highest BCUT2D eigenvalue weighted by Crippen LogP contribution is 2.42. The number of nitrogens with zero attached hydrogens (tertiary/aromatic N) is 1. The van der Waals surface area contributed by atoms with E-state index in [0.29, 0.717) is 50.6 Å². The van der Waals surface area contributed by atoms with Crippen LogP contribution in [0.2, 0.25) is 0 Å². The van der Waals surface area contributed by atoms with Crippen molar-refractivity contribution in [2.75, 3.05) is 19.5 Å². The van der Waals surface area contributed by atoms with Crippen LogP contribution in [0.15, 0.2) is 69.8 Å². The van der Waals surface area contributed by atoms with E-state index in [9.17, 15) is 9.59 Å². The highest BCUT2D eigenvalue weighted by molar-refractivity contribution is 7.98. The molecule has 3 aromatic rings. The van der Waals surface area contributed by atoms with Gasteiger partial charge in [0.2, 0.25) is 0 Å². The van der Waals surface area contributed by atoms with Crippen LogP contribution in [0, 0.1) is 0 Å². The number of allylic oxidation sites excluding steroid dienone is 1. The van der Waals surface area contributed by atoms with Gasteiger partial charge in [-0.3, -0.25) is 4.79 Å². The third-order valence-corrected chi connectivity index (χ3v) is 6.69. The van der Waals surface area contributed by atoms with E-state index in [0.717, 1.165) is 5.56 Å². The molecule has 8 nitrogen and oxygen atoms in total. The second-order valence-corrected chi connectivity index (χ2v) is 9.54. The van der Waals surface area contributed by atoms with Gasteiger partial charge in [0.1, 0.15) is 5.82 Å². The number of fused-ring (bicyclic) bond motifs is 1. The highest BCUT2D eigenvalue weighted by Gasteiger charge is 2.37. The van der Waals surface area contributed by atoms with Crippen molar-refractivity contribution in [1.82, 2.24) is 9.97 Å². The number of aromatic nitrogens is 2. The molecule has 0 saturated carbocycles. The second kappa shape index (κ2) is 10.9. The van der Waals surface area contributed by atoms with Crippen LogP contribution in [0.3, 0.4) is 0 Å². The first-order valence-corrected chi connectivity index (χ1v) is 12.5. The number of rotatable bonds is 8. The lowest BCUT2D eigenvalue weighted by Gasteiger charge is -2.29. The number of esters is 1. The van der Waals surface area contributed by atoms with Crippen molar-refractivity contribution in [3.8, 4) is 11.5 Å². The van der Waals surface area contributed by atoms with E-state index in [1.807, 2.05) is 36.4 Å². The van der Waals surface area contributed by atoms with Crippen molar-refractivity contribution >= 4 is 23.5 Å². The van der Waals surface area contributed by atoms with E-state index < -0.39 is 11.9 Å². The molecule has 4 rings (SSSR count). The van der Waals surface area contributed by atoms with E-state index in [2.05, 4.69) is 10.3 Å². The SMILES string of the molecule is COc1ccc(C2C(C(=O)OC(C)C)=C(C)Nc3nc(SCc4ccccc4)[nH]c(=O)c32)cc1OC. The van der Waals surface area contributed by atoms with Gasteiger partial charge in [0, 0.05) is 11.4 Å². The molecule has 1 aliphatic heterocycles. The van der Waals surface area contributed by atoms with Crippen molar-refractivity contribution in [2.45, 2.75) is 43.7 Å². The third kappa shape index (κ3) is 5.26. The van der Waals surface area contributed by atoms with Gasteiger partial charge in [0.25, 0.3) is 5.56 Å². The van der Waals surface area contributed by atoms with Gasteiger partial charge in [-0.05, 0) is 44.0 Å². The summed E-state index contributed by atoms with van der Waals surface area (Å²) in [6.07, 6.45) is -0.321. The molecule has 9 heteroatoms. The molecule has 1 aliphatic rings. The van der Waals surface area contributed by atoms with Crippen LogP contribution in [-0.2, 0) is 15.3 Å². The number of carbonyl (C=O) groups excluding carboxylic acids is 1. The molecule has 1 unspecified atom stereocenters. The molecule has 0 bridgehead atoms. The predicted molar refractivity (Wildman–Crippen MR) is 140 cm³/mol. The molecule has 1 atom stereocenters. The Morgan fingerprint density at radius 1 is 1.08 bits per heavy atom. The lowest BCUT2D eigenvalue weighted by molar-refractivity contribution is -0.143. The summed E-state index contributed by atoms with van der Waals surface area (Å²) in [5.41, 5.74) is 2.74. The lowest BCUT2D eigenvalue weighted by Crippen LogP contribution is -2.31. The average Bonchev–Trinajstić information content (AvgIpc) is 2.86. The standard InChI is InChI=1S/C27H29N3O5S/c1-15(2)35-26(32)21-16(3)28-24-23(22(21)18-11-12-19(33-4)20(13-18)34-5)25(31)30-27(29-24)36-14-17-9-7-6-8-10-17/h6-13,15,22H,14H2,1-5H3,(H2,28,29,30,31). The van der Waals surface area contributed by atoms with Crippen molar-refractivity contribution in [2.24, 2.45) is 0 Å². The van der Waals surface area contributed by atoms with E-state index in [1.165, 1.54) is 18.9 Å². The number of aromatic amines is 1. The fourth-order valence-electron chi connectivity index (χ4n) is 4.14. The van der Waals surface area contributed by atoms with Gasteiger partial charge in [0.15, 0.2) is 16.7 Å². The number of hydrogen-bond acceptors (Lipinski definition) is 8. The maximum atomic E-state index is 13.5. The first kappa shape index (κ1) is 25.4. The molecular formula is C27H29N3O5S. The van der Waals surface area contributed by atoms with Crippen LogP contribution >= 0.6 is 11.8 Å². The molecule has 0 radical (unpaired) electrons. The Kier molecular flexibility index (Phi) is 7.69. The van der Waals surface area contributed by atoms with Gasteiger partial charge in [-0.25, -0.2) is 9.78 Å². The number of thioether (sulfide) groups is 1. The fourth-order valence-corrected chi connectivity index (χ4v) is 4.96. The maximum Gasteiger partial charge on any atom is 0.337 e. The molecule has 2 heterocycles. The highest BCUT2D eigenvalue weighted by atomic mass is 32.2. The quantitative estimate of drug-likeness (QED) is 0.253. The Bertz CT molecular complexity index is 1350. The fraction of sp³-hybridized carbons (Fsp3) is 0.296. The summed E-state index contributed by atoms with van der Waals surface area (Å²) in [5.74, 6) is 0.889. The predicted octanol–water partition coefficient (Wildman–Crippen LogP) is 4.86. The summed E-state index contributed by atoms with van der Waals surface area (Å²) in [4.78, 5) is 34.3. The minimum absolute atomic E-state index is 0.321. The summed E-state index contributed by atoms with van der Waals surface area (Å²) >= 11 is 1.43. The minimum atomic E-state index is -0.711. The molecule has 0 saturated heterocycles. The topological polar surface area (TPSA) is 103 Å². The van der Waals surface area contributed by atoms with Crippen LogP contribution in [-0.4, -0.2) is 36.3 Å². The monoisotopic (exact) mass is 507 g/mol. The molecule has 2 aromatic carbocycles. The smallest absolute Gasteiger partial charge is 0.337 e. The average molecular weight is 508 g/mol. The van der Waals surface area contributed by atoms with Crippen LogP contribution < -0.4 is 20.3 Å². The molecule has 36 heavy (non-hydrogen) atoms. The van der Waals surface area contributed by atoms with Crippen LogP contribution in [0.1, 0.15) is 43.4 Å². The largest absolute Gasteiger partial charge is 0.493 e. The Morgan fingerprint density at radius 3 is 2.47 bits per heavy atom. The summed E-state index contributed by atoms with van der Waals surface area (Å²) in [7, 11) is 3.09. The second-order valence-electron chi connectivity index (χ2n) is 8.57. The van der Waals surface area contributed by atoms with E-state index in [4.69, 9.17) is 19.2 Å². The Morgan fingerprint density at radius 2 is 1.81 bits per heavy atom. The summed E-state index contributed by atoms with van der Waals surface area (Å²) in [6.45, 7) is 5.36. The molecule has 188 valence electrons. The summed E-state index contributed by atoms with van der Waals surface area (Å²) in [5, 5.41) is 3.66. The van der Waals surface area contributed by atoms with E-state index >= 15 is 0 Å². The minimum Gasteiger partial charge on any atom is -0.493 e. The molecule has 0 spiro atoms. The van der Waals surface area contributed by atoms with Crippen LogP contribution in [0.25, 0.3) is 0 Å². The van der Waals surface area contributed by atoms with E-state index in [-0.39, 0.29) is 11.7 Å². The maximum absolute atomic E-state index is 13.5. The molecule has 0 amide bonds. The van der Waals surface area contributed by atoms with Crippen LogP contribution in [0.5, 0.6) is 11.5 Å². The van der Waals surface area contributed by atoms with Gasteiger partial charge >= 0.3 is 5.97 Å². The van der Waals surface area contributed by atoms with Crippen molar-refractivity contribution < 1.29 is 19.0 Å². The van der Waals surface area contributed by atoms with Gasteiger partial charge in [-0.2, -0.15) is 0 Å². The van der Waals surface area contributed by atoms with Crippen molar-refractivity contribution in [3.63, 3.8) is 0 Å². The first-order chi connectivity index (χ1) is 17.3. The third-order valence-electron chi connectivity index (χ3n) is 5.74. The van der Waals surface area contributed by atoms with Crippen molar-refractivity contribution in [3.05, 3.63) is 86.8 Å². The Balaban J connectivity index is 1.81. The number of methoxy groups -OCH3 is 2. The van der Waals surface area contributed by atoms with Gasteiger partial charge in [0.05, 0.1) is 37.4 Å². The first-order valence-electron chi connectivity index (χ1n) is 11.5. The number of hydrogen-bond donors (Lipinski definition) is 2. The van der Waals surface area contributed by atoms with E-state index in [1.54, 1.807) is 40.0 Å². The zero-order valence-corrected chi connectivity index (χ0v) is 21.7. The van der Waals surface area contributed by atoms with Gasteiger partial charge < -0.3 is 24.5 Å². The molecular weight excluding hydrogens is 478 g/mol. The Hall–Kier alpha value is -3.72. The van der Waals surface area contributed by atoms with Crippen molar-refractivity contribution in [1.29, 1.82) is 0 Å². The molecule has 2 N–H and O–H groups in total. The number of ether oxygens (including phenoxy) is 3. The molecule has 0 aliphatic carbocycles.